The average molecular weight is 363 g/mol. The molecule has 1 aromatic carbocycles. The number of aromatic nitrogens is 2. The largest absolute Gasteiger partial charge is 0.356 e. The Morgan fingerprint density at radius 2 is 2.09 bits per heavy atom. The van der Waals surface area contributed by atoms with Crippen LogP contribution in [0.4, 0.5) is 0 Å². The zero-order valence-corrected chi connectivity index (χ0v) is 12.8. The van der Waals surface area contributed by atoms with Gasteiger partial charge in [-0.15, -0.1) is 0 Å². The highest BCUT2D eigenvalue weighted by atomic mass is 79.9. The summed E-state index contributed by atoms with van der Waals surface area (Å²) in [5.41, 5.74) is 6.13. The predicted octanol–water partition coefficient (Wildman–Crippen LogP) is 1.92. The fraction of sp³-hybridized carbons (Fsp3) is 0.0714. The van der Waals surface area contributed by atoms with Crippen molar-refractivity contribution in [1.29, 1.82) is 0 Å². The molecule has 0 saturated carbocycles. The second kappa shape index (κ2) is 6.02. The van der Waals surface area contributed by atoms with E-state index in [1.807, 2.05) is 18.2 Å². The molecule has 0 spiro atoms. The maximum atomic E-state index is 11.9. The van der Waals surface area contributed by atoms with Gasteiger partial charge in [-0.2, -0.15) is 0 Å². The summed E-state index contributed by atoms with van der Waals surface area (Å²) >= 11 is 3.23. The van der Waals surface area contributed by atoms with Crippen LogP contribution in [-0.2, 0) is 11.2 Å². The summed E-state index contributed by atoms with van der Waals surface area (Å²) < 4.78 is 5.87. The normalized spacial score (nSPS) is 10.6. The van der Waals surface area contributed by atoms with Gasteiger partial charge in [-0.3, -0.25) is 20.4 Å². The number of benzene rings is 1. The number of hydrogen-bond donors (Lipinski definition) is 3. The third-order valence-electron chi connectivity index (χ3n) is 2.99. The Bertz CT molecular complexity index is 839. The average Bonchev–Trinajstić information content (AvgIpc) is 3.12. The van der Waals surface area contributed by atoms with Crippen LogP contribution in [0.5, 0.6) is 0 Å². The SMILES string of the molecule is O=C(Cc1noc2ccccc12)NNC(=O)c1cc(Br)c[nH]1. The molecule has 2 heterocycles. The van der Waals surface area contributed by atoms with E-state index in [4.69, 9.17) is 4.52 Å². The Labute approximate surface area is 133 Å². The molecule has 0 bridgehead atoms. The number of hydrazine groups is 1. The highest BCUT2D eigenvalue weighted by Gasteiger charge is 2.13. The molecular formula is C14H11BrN4O3. The van der Waals surface area contributed by atoms with Crippen molar-refractivity contribution >= 4 is 38.7 Å². The highest BCUT2D eigenvalue weighted by molar-refractivity contribution is 9.10. The minimum absolute atomic E-state index is 0.00567. The topological polar surface area (TPSA) is 100 Å². The molecule has 7 nitrogen and oxygen atoms in total. The summed E-state index contributed by atoms with van der Waals surface area (Å²) in [5.74, 6) is -0.831. The zero-order chi connectivity index (χ0) is 15.5. The molecular weight excluding hydrogens is 352 g/mol. The molecule has 2 aromatic heterocycles. The third kappa shape index (κ3) is 3.01. The van der Waals surface area contributed by atoms with Crippen LogP contribution in [0.15, 0.2) is 45.5 Å². The van der Waals surface area contributed by atoms with Gasteiger partial charge in [0.05, 0.1) is 6.42 Å². The molecule has 22 heavy (non-hydrogen) atoms. The van der Waals surface area contributed by atoms with Crippen molar-refractivity contribution in [1.82, 2.24) is 21.0 Å². The van der Waals surface area contributed by atoms with Gasteiger partial charge in [-0.1, -0.05) is 17.3 Å². The van der Waals surface area contributed by atoms with Gasteiger partial charge in [0.2, 0.25) is 5.91 Å². The molecule has 0 aliphatic rings. The van der Waals surface area contributed by atoms with E-state index in [0.717, 1.165) is 9.86 Å². The van der Waals surface area contributed by atoms with E-state index in [0.29, 0.717) is 17.0 Å². The molecule has 3 rings (SSSR count). The first-order valence-corrected chi connectivity index (χ1v) is 7.19. The van der Waals surface area contributed by atoms with E-state index >= 15 is 0 Å². The maximum absolute atomic E-state index is 11.9. The number of aromatic amines is 1. The number of amides is 2. The summed E-state index contributed by atoms with van der Waals surface area (Å²) in [6, 6.07) is 8.86. The van der Waals surface area contributed by atoms with Crippen molar-refractivity contribution in [2.45, 2.75) is 6.42 Å². The monoisotopic (exact) mass is 362 g/mol. The molecule has 2 amide bonds. The standard InChI is InChI=1S/C14H11BrN4O3/c15-8-5-11(16-7-8)14(21)18-17-13(20)6-10-9-3-1-2-4-12(9)22-19-10/h1-5,7,16H,6H2,(H,17,20)(H,18,21). The Morgan fingerprint density at radius 1 is 1.27 bits per heavy atom. The van der Waals surface area contributed by atoms with E-state index < -0.39 is 11.8 Å². The van der Waals surface area contributed by atoms with Crippen LogP contribution in [0.1, 0.15) is 16.2 Å². The second-order valence-electron chi connectivity index (χ2n) is 4.54. The van der Waals surface area contributed by atoms with Gasteiger partial charge in [0.15, 0.2) is 5.58 Å². The number of H-pyrrole nitrogens is 1. The molecule has 0 unspecified atom stereocenters. The Hall–Kier alpha value is -2.61. The third-order valence-corrected chi connectivity index (χ3v) is 3.45. The molecule has 0 aliphatic heterocycles. The number of carbonyl (C=O) groups is 2. The Balaban J connectivity index is 1.60. The highest BCUT2D eigenvalue weighted by Crippen LogP contribution is 2.17. The first kappa shape index (κ1) is 14.3. The van der Waals surface area contributed by atoms with Crippen molar-refractivity contribution < 1.29 is 14.1 Å². The van der Waals surface area contributed by atoms with Gasteiger partial charge < -0.3 is 9.51 Å². The van der Waals surface area contributed by atoms with Crippen molar-refractivity contribution in [3.63, 3.8) is 0 Å². The zero-order valence-electron chi connectivity index (χ0n) is 11.2. The Morgan fingerprint density at radius 3 is 2.86 bits per heavy atom. The molecule has 0 aliphatic carbocycles. The van der Waals surface area contributed by atoms with Crippen molar-refractivity contribution in [2.75, 3.05) is 0 Å². The quantitative estimate of drug-likeness (QED) is 0.619. The number of hydrogen-bond acceptors (Lipinski definition) is 4. The maximum Gasteiger partial charge on any atom is 0.286 e. The van der Waals surface area contributed by atoms with E-state index in [9.17, 15) is 9.59 Å². The van der Waals surface area contributed by atoms with Crippen molar-refractivity contribution in [3.8, 4) is 0 Å². The van der Waals surface area contributed by atoms with Gasteiger partial charge in [0, 0.05) is 16.1 Å². The molecule has 3 aromatic rings. The predicted molar refractivity (Wildman–Crippen MR) is 81.8 cm³/mol. The molecule has 8 heteroatoms. The first-order valence-electron chi connectivity index (χ1n) is 6.40. The lowest BCUT2D eigenvalue weighted by Gasteiger charge is -2.05. The second-order valence-corrected chi connectivity index (χ2v) is 5.45. The number of rotatable bonds is 3. The van der Waals surface area contributed by atoms with Gasteiger partial charge in [0.1, 0.15) is 11.4 Å². The van der Waals surface area contributed by atoms with Crippen LogP contribution in [-0.4, -0.2) is 22.0 Å². The number of nitrogens with one attached hydrogen (secondary N) is 3. The molecule has 112 valence electrons. The molecule has 0 atom stereocenters. The van der Waals surface area contributed by atoms with Crippen LogP contribution < -0.4 is 10.9 Å². The number of fused-ring (bicyclic) bond motifs is 1. The first-order chi connectivity index (χ1) is 10.6. The van der Waals surface area contributed by atoms with Gasteiger partial charge in [-0.25, -0.2) is 0 Å². The van der Waals surface area contributed by atoms with Gasteiger partial charge in [0.25, 0.3) is 5.91 Å². The number of carbonyl (C=O) groups excluding carboxylic acids is 2. The Kier molecular flexibility index (Phi) is 3.92. The van der Waals surface area contributed by atoms with Crippen LogP contribution in [0.25, 0.3) is 11.0 Å². The summed E-state index contributed by atoms with van der Waals surface area (Å²) in [4.78, 5) is 26.4. The molecule has 0 saturated heterocycles. The summed E-state index contributed by atoms with van der Waals surface area (Å²) in [5, 5.41) is 4.64. The fourth-order valence-corrected chi connectivity index (χ4v) is 2.30. The van der Waals surface area contributed by atoms with Crippen molar-refractivity contribution in [2.24, 2.45) is 0 Å². The van der Waals surface area contributed by atoms with Gasteiger partial charge >= 0.3 is 0 Å². The minimum Gasteiger partial charge on any atom is -0.356 e. The number of para-hydroxylation sites is 1. The van der Waals surface area contributed by atoms with E-state index in [-0.39, 0.29) is 6.42 Å². The smallest absolute Gasteiger partial charge is 0.286 e. The molecule has 0 radical (unpaired) electrons. The van der Waals surface area contributed by atoms with Crippen LogP contribution in [0.3, 0.4) is 0 Å². The summed E-state index contributed by atoms with van der Waals surface area (Å²) in [6.45, 7) is 0. The lowest BCUT2D eigenvalue weighted by Crippen LogP contribution is -2.42. The fourth-order valence-electron chi connectivity index (χ4n) is 1.95. The lowest BCUT2D eigenvalue weighted by molar-refractivity contribution is -0.121. The van der Waals surface area contributed by atoms with Crippen LogP contribution in [0, 0.1) is 0 Å². The van der Waals surface area contributed by atoms with Gasteiger partial charge in [-0.05, 0) is 34.1 Å². The van der Waals surface area contributed by atoms with E-state index in [2.05, 4.69) is 36.9 Å². The van der Waals surface area contributed by atoms with E-state index in [1.54, 1.807) is 18.3 Å². The minimum atomic E-state index is -0.441. The number of halogens is 1. The van der Waals surface area contributed by atoms with Crippen LogP contribution >= 0.6 is 15.9 Å². The van der Waals surface area contributed by atoms with Crippen LogP contribution in [0.2, 0.25) is 0 Å². The molecule has 0 fully saturated rings. The van der Waals surface area contributed by atoms with Crippen molar-refractivity contribution in [3.05, 3.63) is 52.4 Å². The lowest BCUT2D eigenvalue weighted by atomic mass is 10.2. The van der Waals surface area contributed by atoms with E-state index in [1.165, 1.54) is 0 Å². The molecule has 3 N–H and O–H groups in total. The summed E-state index contributed by atoms with van der Waals surface area (Å²) in [7, 11) is 0. The summed E-state index contributed by atoms with van der Waals surface area (Å²) in [6.07, 6.45) is 1.63. The number of nitrogens with zero attached hydrogens (tertiary/aromatic N) is 1.